The van der Waals surface area contributed by atoms with Crippen LogP contribution in [0.15, 0.2) is 0 Å². The van der Waals surface area contributed by atoms with E-state index in [-0.39, 0.29) is 0 Å². The van der Waals surface area contributed by atoms with E-state index in [0.717, 1.165) is 15.8 Å². The summed E-state index contributed by atoms with van der Waals surface area (Å²) in [5.41, 5.74) is 0. The van der Waals surface area contributed by atoms with Gasteiger partial charge in [-0.05, 0) is 6.55 Å². The van der Waals surface area contributed by atoms with Gasteiger partial charge in [-0.15, -0.1) is 0 Å². The van der Waals surface area contributed by atoms with Gasteiger partial charge in [0.1, 0.15) is 0 Å². The lowest BCUT2D eigenvalue weighted by Gasteiger charge is -2.23. The highest BCUT2D eigenvalue weighted by atomic mass is 33.1. The molecule has 0 aromatic carbocycles. The van der Waals surface area contributed by atoms with Crippen LogP contribution in [-0.4, -0.2) is 68.8 Å². The number of rotatable bonds is 13. The van der Waals surface area contributed by atoms with Crippen molar-refractivity contribution < 1.29 is 22.1 Å². The van der Waals surface area contributed by atoms with E-state index in [2.05, 4.69) is 6.55 Å². The maximum atomic E-state index is 5.43. The lowest BCUT2D eigenvalue weighted by Crippen LogP contribution is -2.45. The van der Waals surface area contributed by atoms with Crippen molar-refractivity contribution in [3.63, 3.8) is 0 Å². The zero-order valence-electron chi connectivity index (χ0n) is 12.8. The van der Waals surface area contributed by atoms with Crippen LogP contribution in [0.5, 0.6) is 0 Å². The normalized spacial score (nSPS) is 12.9. The first-order valence-electron chi connectivity index (χ1n) is 5.76. The van der Waals surface area contributed by atoms with Crippen LogP contribution in [-0.2, 0) is 22.1 Å². The molecule has 0 amide bonds. The fourth-order valence-corrected chi connectivity index (χ4v) is 14.2. The van der Waals surface area contributed by atoms with Crippen molar-refractivity contribution in [1.29, 1.82) is 0 Å². The Morgan fingerprint density at radius 1 is 0.650 bits per heavy atom. The van der Waals surface area contributed by atoms with Gasteiger partial charge < -0.3 is 22.1 Å². The van der Waals surface area contributed by atoms with E-state index in [4.69, 9.17) is 22.1 Å². The Morgan fingerprint density at radius 3 is 1.50 bits per heavy atom. The summed E-state index contributed by atoms with van der Waals surface area (Å²) in [6.07, 6.45) is 0. The minimum absolute atomic E-state index is 0.745. The highest BCUT2D eigenvalue weighted by Gasteiger charge is 2.37. The van der Waals surface area contributed by atoms with Crippen LogP contribution < -0.4 is 0 Å². The van der Waals surface area contributed by atoms with Crippen molar-refractivity contribution in [2.75, 3.05) is 51.4 Å². The SMILES string of the molecule is CO[Si](C)(CSSCSSC[Si](OC)(OC)OC)OC. The Morgan fingerprint density at radius 2 is 1.10 bits per heavy atom. The van der Waals surface area contributed by atoms with Crippen LogP contribution >= 0.6 is 43.2 Å². The predicted molar refractivity (Wildman–Crippen MR) is 97.4 cm³/mol. The molecule has 0 radical (unpaired) electrons. The summed E-state index contributed by atoms with van der Waals surface area (Å²) in [6.45, 7) is 2.07. The van der Waals surface area contributed by atoms with Gasteiger partial charge in [0.25, 0.3) is 0 Å². The van der Waals surface area contributed by atoms with Gasteiger partial charge in [0.15, 0.2) is 0 Å². The molecule has 0 atom stereocenters. The molecule has 20 heavy (non-hydrogen) atoms. The lowest BCUT2D eigenvalue weighted by molar-refractivity contribution is 0.131. The number of hydrogen-bond donors (Lipinski definition) is 0. The molecule has 122 valence electrons. The smallest absolute Gasteiger partial charge is 0.397 e. The summed E-state index contributed by atoms with van der Waals surface area (Å²) in [5, 5.41) is 2.65. The number of hydrogen-bond acceptors (Lipinski definition) is 9. The zero-order valence-corrected chi connectivity index (χ0v) is 18.1. The van der Waals surface area contributed by atoms with Crippen LogP contribution in [0.4, 0.5) is 0 Å². The highest BCUT2D eigenvalue weighted by Crippen LogP contribution is 2.35. The molecule has 0 spiro atoms. The van der Waals surface area contributed by atoms with Crippen LogP contribution in [0.3, 0.4) is 0 Å². The molecule has 0 aliphatic rings. The van der Waals surface area contributed by atoms with E-state index in [1.807, 2.05) is 10.8 Å². The van der Waals surface area contributed by atoms with E-state index in [1.165, 1.54) is 0 Å². The summed E-state index contributed by atoms with van der Waals surface area (Å²) in [7, 11) is 11.1. The largest absolute Gasteiger partial charge is 0.511 e. The molecular formula is C9H24O5S4Si2. The fourth-order valence-electron chi connectivity index (χ4n) is 0.978. The van der Waals surface area contributed by atoms with Crippen LogP contribution in [0.25, 0.3) is 0 Å². The lowest BCUT2D eigenvalue weighted by atomic mass is 11.8. The summed E-state index contributed by atoms with van der Waals surface area (Å²) in [4.78, 5) is 0. The molecule has 0 aliphatic carbocycles. The van der Waals surface area contributed by atoms with E-state index in [9.17, 15) is 0 Å². The molecule has 0 aromatic rings. The fraction of sp³-hybridized carbons (Fsp3) is 1.00. The van der Waals surface area contributed by atoms with Crippen molar-refractivity contribution in [1.82, 2.24) is 0 Å². The van der Waals surface area contributed by atoms with Gasteiger partial charge in [-0.25, -0.2) is 0 Å². The summed E-state index contributed by atoms with van der Waals surface area (Å²) < 4.78 is 26.9. The first kappa shape index (κ1) is 21.6. The van der Waals surface area contributed by atoms with Gasteiger partial charge in [0.05, 0.1) is 10.5 Å². The Labute approximate surface area is 140 Å². The third-order valence-electron chi connectivity index (χ3n) is 2.62. The average Bonchev–Trinajstić information content (AvgIpc) is 2.50. The molecule has 0 fully saturated rings. The average molecular weight is 397 g/mol. The van der Waals surface area contributed by atoms with Crippen LogP contribution in [0.1, 0.15) is 0 Å². The van der Waals surface area contributed by atoms with E-state index < -0.39 is 17.4 Å². The summed E-state index contributed by atoms with van der Waals surface area (Å²) in [6, 6.07) is 0. The molecule has 11 heteroatoms. The van der Waals surface area contributed by atoms with E-state index in [0.29, 0.717) is 0 Å². The Balaban J connectivity index is 3.68. The summed E-state index contributed by atoms with van der Waals surface area (Å²) in [5.74, 6) is 0. The van der Waals surface area contributed by atoms with Crippen molar-refractivity contribution in [2.45, 2.75) is 6.55 Å². The van der Waals surface area contributed by atoms with E-state index in [1.54, 1.807) is 67.9 Å². The van der Waals surface area contributed by atoms with Gasteiger partial charge >= 0.3 is 17.4 Å². The second-order valence-corrected chi connectivity index (χ2v) is 16.4. The monoisotopic (exact) mass is 396 g/mol. The Kier molecular flexibility index (Phi) is 13.1. The molecule has 0 rings (SSSR count). The third kappa shape index (κ3) is 8.31. The minimum Gasteiger partial charge on any atom is -0.397 e. The highest BCUT2D eigenvalue weighted by molar-refractivity contribution is 8.85. The second kappa shape index (κ2) is 12.1. The molecule has 5 nitrogen and oxygen atoms in total. The molecule has 0 N–H and O–H groups in total. The molecule has 0 aliphatic heterocycles. The maximum absolute atomic E-state index is 5.43. The second-order valence-electron chi connectivity index (χ2n) is 3.72. The standard InChI is InChI=1S/C9H24O5S4Si2/c1-10-19(6,11-2)8-17-15-7-16-18-9-20(12-3,13-4)14-5/h7-9H2,1-6H3. The topological polar surface area (TPSA) is 46.2 Å². The summed E-state index contributed by atoms with van der Waals surface area (Å²) >= 11 is 0. The van der Waals surface area contributed by atoms with Gasteiger partial charge in [0.2, 0.25) is 0 Å². The van der Waals surface area contributed by atoms with Crippen molar-refractivity contribution in [2.24, 2.45) is 0 Å². The first-order chi connectivity index (χ1) is 9.51. The quantitative estimate of drug-likeness (QED) is 0.202. The van der Waals surface area contributed by atoms with Crippen LogP contribution in [0, 0.1) is 0 Å². The molecule has 0 aromatic heterocycles. The van der Waals surface area contributed by atoms with Crippen LogP contribution in [0.2, 0.25) is 6.55 Å². The maximum Gasteiger partial charge on any atom is 0.511 e. The van der Waals surface area contributed by atoms with Gasteiger partial charge in [-0.1, -0.05) is 43.2 Å². The molecule has 0 bridgehead atoms. The zero-order chi connectivity index (χ0) is 15.5. The van der Waals surface area contributed by atoms with Crippen molar-refractivity contribution >= 4 is 60.5 Å². The predicted octanol–water partition coefficient (Wildman–Crippen LogP) is 3.03. The molecule has 0 saturated heterocycles. The minimum atomic E-state index is -2.43. The molecular weight excluding hydrogens is 373 g/mol. The molecule has 0 saturated carbocycles. The van der Waals surface area contributed by atoms with Gasteiger partial charge in [-0.2, -0.15) is 0 Å². The van der Waals surface area contributed by atoms with Gasteiger partial charge in [0, 0.05) is 40.9 Å². The molecule has 0 unspecified atom stereocenters. The first-order valence-corrected chi connectivity index (χ1v) is 15.2. The third-order valence-corrected chi connectivity index (χ3v) is 16.6. The van der Waals surface area contributed by atoms with Crippen molar-refractivity contribution in [3.8, 4) is 0 Å². The van der Waals surface area contributed by atoms with Crippen molar-refractivity contribution in [3.05, 3.63) is 0 Å². The van der Waals surface area contributed by atoms with Gasteiger partial charge in [-0.3, -0.25) is 0 Å². The molecule has 0 heterocycles. The Hall–Kier alpha value is 1.63. The van der Waals surface area contributed by atoms with E-state index >= 15 is 0 Å². The Bertz CT molecular complexity index is 236.